The lowest BCUT2D eigenvalue weighted by Crippen LogP contribution is -2.42. The van der Waals surface area contributed by atoms with Crippen LogP contribution in [0.5, 0.6) is 5.75 Å². The third-order valence-electron chi connectivity index (χ3n) is 2.81. The fourth-order valence-corrected chi connectivity index (χ4v) is 2.78. The Hall–Kier alpha value is -1.31. The first-order valence-electron chi connectivity index (χ1n) is 6.43. The minimum absolute atomic E-state index is 0.0182. The standard InChI is InChI=1S/C13H22N2O4S/c1-10(2)13(9-16)15-20(17,18)7-6-19-12-5-3-4-11(14)8-12/h3-5,8,10,13,15-16H,6-7,9,14H2,1-2H3/t13-/m1/s1. The molecule has 0 amide bonds. The van der Waals surface area contributed by atoms with Gasteiger partial charge in [-0.25, -0.2) is 13.1 Å². The summed E-state index contributed by atoms with van der Waals surface area (Å²) in [6.45, 7) is 3.47. The second-order valence-electron chi connectivity index (χ2n) is 4.89. The first-order valence-corrected chi connectivity index (χ1v) is 8.08. The van der Waals surface area contributed by atoms with Crippen LogP contribution in [0.3, 0.4) is 0 Å². The average Bonchev–Trinajstić information content (AvgIpc) is 2.35. The van der Waals surface area contributed by atoms with E-state index in [0.717, 1.165) is 0 Å². The molecule has 114 valence electrons. The lowest BCUT2D eigenvalue weighted by atomic mass is 10.1. The molecular formula is C13H22N2O4S. The van der Waals surface area contributed by atoms with Gasteiger partial charge in [0.05, 0.1) is 12.4 Å². The lowest BCUT2D eigenvalue weighted by Gasteiger charge is -2.19. The number of aliphatic hydroxyl groups excluding tert-OH is 1. The van der Waals surface area contributed by atoms with Crippen LogP contribution in [0.2, 0.25) is 0 Å². The van der Waals surface area contributed by atoms with Gasteiger partial charge in [0.1, 0.15) is 12.4 Å². The van der Waals surface area contributed by atoms with E-state index in [2.05, 4.69) is 4.72 Å². The molecule has 0 aliphatic carbocycles. The van der Waals surface area contributed by atoms with E-state index in [1.165, 1.54) is 0 Å². The van der Waals surface area contributed by atoms with Gasteiger partial charge in [-0.3, -0.25) is 0 Å². The third-order valence-corrected chi connectivity index (χ3v) is 4.18. The van der Waals surface area contributed by atoms with E-state index in [4.69, 9.17) is 15.6 Å². The zero-order valence-electron chi connectivity index (χ0n) is 11.7. The number of nitrogens with two attached hydrogens (primary N) is 1. The van der Waals surface area contributed by atoms with E-state index >= 15 is 0 Å². The topological polar surface area (TPSA) is 102 Å². The summed E-state index contributed by atoms with van der Waals surface area (Å²) in [4.78, 5) is 0. The maximum absolute atomic E-state index is 11.8. The molecule has 0 saturated carbocycles. The number of anilines is 1. The predicted octanol–water partition coefficient (Wildman–Crippen LogP) is 0.584. The van der Waals surface area contributed by atoms with Crippen LogP contribution in [0.4, 0.5) is 5.69 Å². The summed E-state index contributed by atoms with van der Waals surface area (Å²) in [5, 5.41) is 9.12. The highest BCUT2D eigenvalue weighted by Crippen LogP contribution is 2.14. The van der Waals surface area contributed by atoms with Crippen LogP contribution in [-0.4, -0.2) is 38.5 Å². The van der Waals surface area contributed by atoms with Crippen LogP contribution in [0.15, 0.2) is 24.3 Å². The number of aliphatic hydroxyl groups is 1. The molecule has 0 aliphatic heterocycles. The van der Waals surface area contributed by atoms with Gasteiger partial charge in [-0.2, -0.15) is 0 Å². The van der Waals surface area contributed by atoms with Crippen molar-refractivity contribution in [2.24, 2.45) is 5.92 Å². The molecule has 0 radical (unpaired) electrons. The largest absolute Gasteiger partial charge is 0.492 e. The summed E-state index contributed by atoms with van der Waals surface area (Å²) in [6, 6.07) is 6.32. The molecule has 0 fully saturated rings. The van der Waals surface area contributed by atoms with Crippen molar-refractivity contribution in [3.05, 3.63) is 24.3 Å². The molecule has 0 unspecified atom stereocenters. The maximum Gasteiger partial charge on any atom is 0.215 e. The fourth-order valence-electron chi connectivity index (χ4n) is 1.55. The lowest BCUT2D eigenvalue weighted by molar-refractivity contribution is 0.227. The Kier molecular flexibility index (Phi) is 6.25. The number of sulfonamides is 1. The summed E-state index contributed by atoms with van der Waals surface area (Å²) < 4.78 is 31.5. The van der Waals surface area contributed by atoms with Crippen molar-refractivity contribution in [3.8, 4) is 5.75 Å². The Bertz CT molecular complexity index is 517. The minimum atomic E-state index is -3.48. The summed E-state index contributed by atoms with van der Waals surface area (Å²) in [6.07, 6.45) is 0. The molecule has 0 aliphatic rings. The molecule has 7 heteroatoms. The molecule has 0 heterocycles. The SMILES string of the molecule is CC(C)[C@@H](CO)NS(=O)(=O)CCOc1cccc(N)c1. The normalized spacial score (nSPS) is 13.4. The molecule has 0 saturated heterocycles. The van der Waals surface area contributed by atoms with Gasteiger partial charge in [-0.05, 0) is 18.1 Å². The molecule has 6 nitrogen and oxygen atoms in total. The van der Waals surface area contributed by atoms with Crippen molar-refractivity contribution in [2.75, 3.05) is 24.7 Å². The Morgan fingerprint density at radius 3 is 2.65 bits per heavy atom. The Labute approximate surface area is 120 Å². The zero-order valence-corrected chi connectivity index (χ0v) is 12.6. The van der Waals surface area contributed by atoms with Gasteiger partial charge in [-0.1, -0.05) is 19.9 Å². The van der Waals surface area contributed by atoms with Crippen molar-refractivity contribution in [1.29, 1.82) is 0 Å². The van der Waals surface area contributed by atoms with E-state index in [1.54, 1.807) is 24.3 Å². The summed E-state index contributed by atoms with van der Waals surface area (Å²) in [5.41, 5.74) is 6.15. The fraction of sp³-hybridized carbons (Fsp3) is 0.538. The molecule has 1 atom stereocenters. The summed E-state index contributed by atoms with van der Waals surface area (Å²) >= 11 is 0. The van der Waals surface area contributed by atoms with Crippen molar-refractivity contribution in [2.45, 2.75) is 19.9 Å². The molecule has 0 aromatic heterocycles. The van der Waals surface area contributed by atoms with Gasteiger partial charge in [0.25, 0.3) is 0 Å². The molecule has 0 bridgehead atoms. The van der Waals surface area contributed by atoms with Crippen molar-refractivity contribution < 1.29 is 18.3 Å². The molecule has 0 spiro atoms. The Morgan fingerprint density at radius 1 is 1.40 bits per heavy atom. The van der Waals surface area contributed by atoms with Crippen molar-refractivity contribution in [3.63, 3.8) is 0 Å². The molecule has 4 N–H and O–H groups in total. The van der Waals surface area contributed by atoms with Crippen LogP contribution in [0.1, 0.15) is 13.8 Å². The van der Waals surface area contributed by atoms with Crippen LogP contribution in [-0.2, 0) is 10.0 Å². The van der Waals surface area contributed by atoms with E-state index in [-0.39, 0.29) is 24.9 Å². The third kappa shape index (κ3) is 5.77. The molecule has 1 aromatic rings. The molecule has 20 heavy (non-hydrogen) atoms. The van der Waals surface area contributed by atoms with E-state index in [9.17, 15) is 8.42 Å². The van der Waals surface area contributed by atoms with Crippen LogP contribution >= 0.6 is 0 Å². The van der Waals surface area contributed by atoms with Crippen molar-refractivity contribution in [1.82, 2.24) is 4.72 Å². The maximum atomic E-state index is 11.8. The highest BCUT2D eigenvalue weighted by Gasteiger charge is 2.19. The number of nitrogens with one attached hydrogen (secondary N) is 1. The van der Waals surface area contributed by atoms with Crippen LogP contribution < -0.4 is 15.2 Å². The van der Waals surface area contributed by atoms with Gasteiger partial charge < -0.3 is 15.6 Å². The number of hydrogen-bond donors (Lipinski definition) is 3. The van der Waals surface area contributed by atoms with Crippen LogP contribution in [0.25, 0.3) is 0 Å². The zero-order chi connectivity index (χ0) is 15.2. The first-order chi connectivity index (χ1) is 9.34. The Balaban J connectivity index is 2.47. The first kappa shape index (κ1) is 16.7. The highest BCUT2D eigenvalue weighted by atomic mass is 32.2. The molecule has 1 rings (SSSR count). The van der Waals surface area contributed by atoms with Gasteiger partial charge in [-0.15, -0.1) is 0 Å². The monoisotopic (exact) mass is 302 g/mol. The smallest absolute Gasteiger partial charge is 0.215 e. The number of nitrogen functional groups attached to an aromatic ring is 1. The average molecular weight is 302 g/mol. The van der Waals surface area contributed by atoms with Crippen molar-refractivity contribution >= 4 is 15.7 Å². The second-order valence-corrected chi connectivity index (χ2v) is 6.76. The summed E-state index contributed by atoms with van der Waals surface area (Å²) in [5.74, 6) is 0.373. The van der Waals surface area contributed by atoms with Crippen LogP contribution in [0, 0.1) is 5.92 Å². The van der Waals surface area contributed by atoms with Gasteiger partial charge >= 0.3 is 0 Å². The summed E-state index contributed by atoms with van der Waals surface area (Å²) in [7, 11) is -3.48. The predicted molar refractivity (Wildman–Crippen MR) is 79.0 cm³/mol. The van der Waals surface area contributed by atoms with Gasteiger partial charge in [0.15, 0.2) is 0 Å². The number of ether oxygens (including phenoxy) is 1. The van der Waals surface area contributed by atoms with E-state index < -0.39 is 16.1 Å². The minimum Gasteiger partial charge on any atom is -0.492 e. The van der Waals surface area contributed by atoms with E-state index in [0.29, 0.717) is 11.4 Å². The second kappa shape index (κ2) is 7.47. The Morgan fingerprint density at radius 2 is 2.10 bits per heavy atom. The van der Waals surface area contributed by atoms with E-state index in [1.807, 2.05) is 13.8 Å². The number of hydrogen-bond acceptors (Lipinski definition) is 5. The number of benzene rings is 1. The number of rotatable bonds is 8. The quantitative estimate of drug-likeness (QED) is 0.610. The van der Waals surface area contributed by atoms with Gasteiger partial charge in [0, 0.05) is 17.8 Å². The highest BCUT2D eigenvalue weighted by molar-refractivity contribution is 7.89. The molecule has 1 aromatic carbocycles. The molecular weight excluding hydrogens is 280 g/mol. The van der Waals surface area contributed by atoms with Gasteiger partial charge in [0.2, 0.25) is 10.0 Å².